The van der Waals surface area contributed by atoms with Crippen LogP contribution in [-0.4, -0.2) is 63.0 Å². The maximum Gasteiger partial charge on any atom is 0.391 e. The first kappa shape index (κ1) is 21.4. The standard InChI is InChI=1S/C16H27F3N2O4S/c1-11(22)21-9-3-4-14(20-26(2,23)24)15(21)10-25-13-7-5-12(6-8-13)16(17,18)19/h12-15,20H,3-10H2,1-2H3/t12?,13?,14-,15-/m0/s1. The Balaban J connectivity index is 1.95. The second kappa shape index (κ2) is 8.43. The summed E-state index contributed by atoms with van der Waals surface area (Å²) in [6.07, 6.45) is -1.39. The molecule has 1 saturated heterocycles. The maximum atomic E-state index is 12.7. The number of halogens is 3. The lowest BCUT2D eigenvalue weighted by Crippen LogP contribution is -2.58. The molecule has 1 aliphatic heterocycles. The van der Waals surface area contributed by atoms with Crippen LogP contribution in [0.1, 0.15) is 45.4 Å². The Morgan fingerprint density at radius 2 is 1.81 bits per heavy atom. The van der Waals surface area contributed by atoms with Gasteiger partial charge in [0, 0.05) is 19.5 Å². The van der Waals surface area contributed by atoms with Gasteiger partial charge in [-0.3, -0.25) is 4.79 Å². The number of piperidine rings is 1. The summed E-state index contributed by atoms with van der Waals surface area (Å²) in [5, 5.41) is 0. The van der Waals surface area contributed by atoms with Gasteiger partial charge in [-0.15, -0.1) is 0 Å². The van der Waals surface area contributed by atoms with Crippen LogP contribution in [0.15, 0.2) is 0 Å². The topological polar surface area (TPSA) is 75.7 Å². The number of alkyl halides is 3. The summed E-state index contributed by atoms with van der Waals surface area (Å²) in [6.45, 7) is 2.06. The highest BCUT2D eigenvalue weighted by molar-refractivity contribution is 7.88. The van der Waals surface area contributed by atoms with E-state index in [1.54, 1.807) is 4.90 Å². The van der Waals surface area contributed by atoms with E-state index in [-0.39, 0.29) is 31.5 Å². The number of ether oxygens (including phenoxy) is 1. The minimum atomic E-state index is -4.16. The molecule has 2 atom stereocenters. The van der Waals surface area contributed by atoms with Crippen molar-refractivity contribution in [1.29, 1.82) is 0 Å². The molecule has 0 aromatic carbocycles. The fourth-order valence-corrected chi connectivity index (χ4v) is 4.68. The van der Waals surface area contributed by atoms with Crippen molar-refractivity contribution in [2.75, 3.05) is 19.4 Å². The number of likely N-dealkylation sites (tertiary alicyclic amines) is 1. The summed E-state index contributed by atoms with van der Waals surface area (Å²) in [7, 11) is -3.44. The molecule has 1 aliphatic carbocycles. The van der Waals surface area contributed by atoms with Crippen LogP contribution in [0.25, 0.3) is 0 Å². The highest BCUT2D eigenvalue weighted by atomic mass is 32.2. The average Bonchev–Trinajstić information content (AvgIpc) is 2.51. The van der Waals surface area contributed by atoms with Crippen LogP contribution < -0.4 is 4.72 Å². The van der Waals surface area contributed by atoms with Gasteiger partial charge in [-0.25, -0.2) is 13.1 Å². The Kier molecular flexibility index (Phi) is 6.95. The summed E-state index contributed by atoms with van der Waals surface area (Å²) in [5.74, 6) is -1.44. The van der Waals surface area contributed by atoms with Crippen molar-refractivity contribution in [3.8, 4) is 0 Å². The molecule has 0 spiro atoms. The molecule has 2 rings (SSSR count). The molecule has 152 valence electrons. The molecule has 1 saturated carbocycles. The SMILES string of the molecule is CC(=O)N1CCC[C@H](NS(C)(=O)=O)[C@@H]1COC1CCC(C(F)(F)F)CC1. The fraction of sp³-hybridized carbons (Fsp3) is 0.938. The molecule has 0 aromatic rings. The van der Waals surface area contributed by atoms with Crippen LogP contribution >= 0.6 is 0 Å². The summed E-state index contributed by atoms with van der Waals surface area (Å²) < 4.78 is 69.8. The normalized spacial score (nSPS) is 31.0. The molecule has 0 radical (unpaired) electrons. The van der Waals surface area contributed by atoms with Gasteiger partial charge in [0.25, 0.3) is 0 Å². The van der Waals surface area contributed by atoms with Crippen molar-refractivity contribution < 1.29 is 31.1 Å². The third-order valence-corrected chi connectivity index (χ3v) is 5.92. The first-order valence-electron chi connectivity index (χ1n) is 8.90. The van der Waals surface area contributed by atoms with Crippen molar-refractivity contribution in [3.63, 3.8) is 0 Å². The second-order valence-electron chi connectivity index (χ2n) is 7.27. The zero-order valence-electron chi connectivity index (χ0n) is 15.1. The number of rotatable bonds is 5. The molecule has 10 heteroatoms. The van der Waals surface area contributed by atoms with Crippen molar-refractivity contribution in [2.24, 2.45) is 5.92 Å². The smallest absolute Gasteiger partial charge is 0.376 e. The Hall–Kier alpha value is -0.870. The largest absolute Gasteiger partial charge is 0.391 e. The Morgan fingerprint density at radius 1 is 1.19 bits per heavy atom. The van der Waals surface area contributed by atoms with Crippen molar-refractivity contribution in [2.45, 2.75) is 69.8 Å². The van der Waals surface area contributed by atoms with Gasteiger partial charge in [0.05, 0.1) is 30.9 Å². The minimum Gasteiger partial charge on any atom is -0.376 e. The zero-order valence-corrected chi connectivity index (χ0v) is 15.9. The lowest BCUT2D eigenvalue weighted by atomic mass is 9.87. The highest BCUT2D eigenvalue weighted by Gasteiger charge is 2.42. The molecular formula is C16H27F3N2O4S. The fourth-order valence-electron chi connectivity index (χ4n) is 3.86. The van der Waals surface area contributed by atoms with Gasteiger partial charge in [-0.1, -0.05) is 0 Å². The van der Waals surface area contributed by atoms with Gasteiger partial charge < -0.3 is 9.64 Å². The molecule has 1 N–H and O–H groups in total. The molecule has 1 heterocycles. The Labute approximate surface area is 152 Å². The number of nitrogens with zero attached hydrogens (tertiary/aromatic N) is 1. The van der Waals surface area contributed by atoms with Crippen LogP contribution in [0.5, 0.6) is 0 Å². The number of carbonyl (C=O) groups is 1. The van der Waals surface area contributed by atoms with E-state index in [4.69, 9.17) is 4.74 Å². The maximum absolute atomic E-state index is 12.7. The van der Waals surface area contributed by atoms with E-state index in [9.17, 15) is 26.4 Å². The van der Waals surface area contributed by atoms with Crippen LogP contribution in [-0.2, 0) is 19.6 Å². The average molecular weight is 400 g/mol. The van der Waals surface area contributed by atoms with E-state index in [2.05, 4.69) is 4.72 Å². The van der Waals surface area contributed by atoms with Crippen LogP contribution in [0.2, 0.25) is 0 Å². The van der Waals surface area contributed by atoms with E-state index in [0.29, 0.717) is 32.2 Å². The molecule has 2 fully saturated rings. The van der Waals surface area contributed by atoms with Gasteiger partial charge in [0.2, 0.25) is 15.9 Å². The second-order valence-corrected chi connectivity index (χ2v) is 9.05. The summed E-state index contributed by atoms with van der Waals surface area (Å²) >= 11 is 0. The first-order valence-corrected chi connectivity index (χ1v) is 10.8. The number of amides is 1. The van der Waals surface area contributed by atoms with Crippen LogP contribution in [0.3, 0.4) is 0 Å². The van der Waals surface area contributed by atoms with Gasteiger partial charge in [-0.05, 0) is 38.5 Å². The molecule has 0 aromatic heterocycles. The number of nitrogens with one attached hydrogen (secondary N) is 1. The molecule has 0 unspecified atom stereocenters. The quantitative estimate of drug-likeness (QED) is 0.767. The van der Waals surface area contributed by atoms with Gasteiger partial charge >= 0.3 is 6.18 Å². The summed E-state index contributed by atoms with van der Waals surface area (Å²) in [5.41, 5.74) is 0. The summed E-state index contributed by atoms with van der Waals surface area (Å²) in [4.78, 5) is 13.5. The number of hydrogen-bond donors (Lipinski definition) is 1. The molecule has 2 aliphatic rings. The van der Waals surface area contributed by atoms with Gasteiger partial charge in [0.1, 0.15) is 0 Å². The molecule has 26 heavy (non-hydrogen) atoms. The van der Waals surface area contributed by atoms with Crippen LogP contribution in [0.4, 0.5) is 13.2 Å². The monoisotopic (exact) mass is 400 g/mol. The molecule has 6 nitrogen and oxygen atoms in total. The van der Waals surface area contributed by atoms with E-state index in [1.165, 1.54) is 6.92 Å². The van der Waals surface area contributed by atoms with Crippen molar-refractivity contribution in [1.82, 2.24) is 9.62 Å². The van der Waals surface area contributed by atoms with E-state index < -0.39 is 34.2 Å². The molecule has 0 bridgehead atoms. The zero-order chi connectivity index (χ0) is 19.5. The highest BCUT2D eigenvalue weighted by Crippen LogP contribution is 2.38. The van der Waals surface area contributed by atoms with Gasteiger partial charge in [0.15, 0.2) is 0 Å². The number of carbonyl (C=O) groups excluding carboxylic acids is 1. The molecule has 1 amide bonds. The first-order chi connectivity index (χ1) is 12.0. The summed E-state index contributed by atoms with van der Waals surface area (Å²) in [6, 6.07) is -0.898. The third kappa shape index (κ3) is 6.09. The predicted octanol–water partition coefficient (Wildman–Crippen LogP) is 2.05. The molecular weight excluding hydrogens is 373 g/mol. The van der Waals surface area contributed by atoms with Gasteiger partial charge in [-0.2, -0.15) is 13.2 Å². The van der Waals surface area contributed by atoms with Crippen LogP contribution in [0, 0.1) is 5.92 Å². The van der Waals surface area contributed by atoms with Crippen molar-refractivity contribution >= 4 is 15.9 Å². The van der Waals surface area contributed by atoms with E-state index >= 15 is 0 Å². The Morgan fingerprint density at radius 3 is 2.31 bits per heavy atom. The lowest BCUT2D eigenvalue weighted by Gasteiger charge is -2.41. The Bertz CT molecular complexity index is 589. The third-order valence-electron chi connectivity index (χ3n) is 5.19. The lowest BCUT2D eigenvalue weighted by molar-refractivity contribution is -0.188. The predicted molar refractivity (Wildman–Crippen MR) is 89.9 cm³/mol. The minimum absolute atomic E-state index is 0.0419. The van der Waals surface area contributed by atoms with E-state index in [1.807, 2.05) is 0 Å². The van der Waals surface area contributed by atoms with Crippen molar-refractivity contribution in [3.05, 3.63) is 0 Å². The van der Waals surface area contributed by atoms with E-state index in [0.717, 1.165) is 6.26 Å². The number of hydrogen-bond acceptors (Lipinski definition) is 4. The number of sulfonamides is 1.